The zero-order valence-corrected chi connectivity index (χ0v) is 10.7. The number of aldehydes is 1. The molecule has 0 N–H and O–H groups in total. The average Bonchev–Trinajstić information content (AvgIpc) is 2.37. The first-order valence-electron chi connectivity index (χ1n) is 5.49. The highest BCUT2D eigenvalue weighted by atomic mass is 35.5. The Labute approximate surface area is 117 Å². The second kappa shape index (κ2) is 5.54. The molecule has 0 aliphatic carbocycles. The first-order valence-corrected chi connectivity index (χ1v) is 5.87. The number of benzene rings is 2. The van der Waals surface area contributed by atoms with Gasteiger partial charge in [0.1, 0.15) is 17.8 Å². The number of hydrogen-bond acceptors (Lipinski definition) is 2. The van der Waals surface area contributed by atoms with Crippen molar-refractivity contribution < 1.29 is 22.7 Å². The van der Waals surface area contributed by atoms with E-state index in [9.17, 15) is 18.0 Å². The molecule has 20 heavy (non-hydrogen) atoms. The van der Waals surface area contributed by atoms with Crippen molar-refractivity contribution in [3.63, 3.8) is 0 Å². The Kier molecular flexibility index (Phi) is 3.99. The Hall–Kier alpha value is -2.01. The lowest BCUT2D eigenvalue weighted by atomic mass is 10.1. The van der Waals surface area contributed by atoms with E-state index in [0.29, 0.717) is 11.3 Å². The van der Waals surface area contributed by atoms with Crippen molar-refractivity contribution in [2.45, 2.75) is 6.18 Å². The summed E-state index contributed by atoms with van der Waals surface area (Å²) in [5.74, 6) is 0.206. The largest absolute Gasteiger partial charge is 0.457 e. The molecular weight excluding hydrogens is 293 g/mol. The van der Waals surface area contributed by atoms with E-state index in [1.54, 1.807) is 18.2 Å². The van der Waals surface area contributed by atoms with Gasteiger partial charge in [0.15, 0.2) is 0 Å². The van der Waals surface area contributed by atoms with Crippen LogP contribution in [0.2, 0.25) is 5.02 Å². The zero-order chi connectivity index (χ0) is 14.8. The lowest BCUT2D eigenvalue weighted by molar-refractivity contribution is -0.137. The van der Waals surface area contributed by atoms with Gasteiger partial charge in [-0.2, -0.15) is 13.2 Å². The molecular formula is C14H8ClF3O2. The summed E-state index contributed by atoms with van der Waals surface area (Å²) in [7, 11) is 0. The van der Waals surface area contributed by atoms with E-state index in [1.165, 1.54) is 12.1 Å². The van der Waals surface area contributed by atoms with E-state index in [2.05, 4.69) is 0 Å². The molecule has 0 unspecified atom stereocenters. The maximum absolute atomic E-state index is 12.7. The van der Waals surface area contributed by atoms with Gasteiger partial charge in [-0.3, -0.25) is 4.79 Å². The zero-order valence-electron chi connectivity index (χ0n) is 9.95. The van der Waals surface area contributed by atoms with Gasteiger partial charge in [0.05, 0.1) is 5.56 Å². The molecule has 0 radical (unpaired) electrons. The van der Waals surface area contributed by atoms with Crippen molar-refractivity contribution in [3.05, 3.63) is 58.6 Å². The van der Waals surface area contributed by atoms with Crippen LogP contribution in [0.25, 0.3) is 0 Å². The van der Waals surface area contributed by atoms with E-state index in [-0.39, 0.29) is 17.1 Å². The SMILES string of the molecule is O=Cc1cc(Oc2cccc(Cl)c2)cc(C(F)(F)F)c1. The van der Waals surface area contributed by atoms with Crippen LogP contribution in [0.5, 0.6) is 11.5 Å². The van der Waals surface area contributed by atoms with Gasteiger partial charge in [0.2, 0.25) is 0 Å². The van der Waals surface area contributed by atoms with Crippen LogP contribution < -0.4 is 4.74 Å². The van der Waals surface area contributed by atoms with Gasteiger partial charge in [0, 0.05) is 10.6 Å². The summed E-state index contributed by atoms with van der Waals surface area (Å²) in [6, 6.07) is 9.04. The fourth-order valence-electron chi connectivity index (χ4n) is 1.58. The van der Waals surface area contributed by atoms with Crippen molar-refractivity contribution in [1.29, 1.82) is 0 Å². The van der Waals surface area contributed by atoms with Gasteiger partial charge in [-0.05, 0) is 36.4 Å². The van der Waals surface area contributed by atoms with Crippen LogP contribution in [0.1, 0.15) is 15.9 Å². The fraction of sp³-hybridized carbons (Fsp3) is 0.0714. The molecule has 0 spiro atoms. The van der Waals surface area contributed by atoms with Crippen molar-refractivity contribution in [2.24, 2.45) is 0 Å². The van der Waals surface area contributed by atoms with E-state index in [0.717, 1.165) is 12.1 Å². The van der Waals surface area contributed by atoms with Crippen LogP contribution in [-0.2, 0) is 6.18 Å². The van der Waals surface area contributed by atoms with Gasteiger partial charge in [-0.25, -0.2) is 0 Å². The Morgan fingerprint density at radius 2 is 1.80 bits per heavy atom. The van der Waals surface area contributed by atoms with Crippen LogP contribution in [0.3, 0.4) is 0 Å². The summed E-state index contributed by atoms with van der Waals surface area (Å²) in [5, 5.41) is 0.394. The summed E-state index contributed by atoms with van der Waals surface area (Å²) in [6.45, 7) is 0. The van der Waals surface area contributed by atoms with Crippen LogP contribution in [-0.4, -0.2) is 6.29 Å². The molecule has 2 rings (SSSR count). The Morgan fingerprint density at radius 1 is 1.05 bits per heavy atom. The number of halogens is 4. The van der Waals surface area contributed by atoms with Crippen LogP contribution in [0.4, 0.5) is 13.2 Å². The van der Waals surface area contributed by atoms with E-state index in [1.807, 2.05) is 0 Å². The van der Waals surface area contributed by atoms with Gasteiger partial charge in [0.25, 0.3) is 0 Å². The molecule has 0 atom stereocenters. The minimum absolute atomic E-state index is 0.0795. The van der Waals surface area contributed by atoms with Gasteiger partial charge >= 0.3 is 6.18 Å². The number of ether oxygens (including phenoxy) is 1. The van der Waals surface area contributed by atoms with Crippen molar-refractivity contribution in [3.8, 4) is 11.5 Å². The number of carbonyl (C=O) groups excluding carboxylic acids is 1. The fourth-order valence-corrected chi connectivity index (χ4v) is 1.76. The number of carbonyl (C=O) groups is 1. The highest BCUT2D eigenvalue weighted by Crippen LogP contribution is 2.34. The second-order valence-corrected chi connectivity index (χ2v) is 4.40. The van der Waals surface area contributed by atoms with Crippen LogP contribution in [0, 0.1) is 0 Å². The predicted octanol–water partition coefficient (Wildman–Crippen LogP) is 4.96. The molecule has 0 bridgehead atoms. The topological polar surface area (TPSA) is 26.3 Å². The number of hydrogen-bond donors (Lipinski definition) is 0. The summed E-state index contributed by atoms with van der Waals surface area (Å²) in [4.78, 5) is 10.7. The first-order chi connectivity index (χ1) is 9.38. The average molecular weight is 301 g/mol. The molecule has 0 aliphatic rings. The summed E-state index contributed by atoms with van der Waals surface area (Å²) in [6.07, 6.45) is -4.22. The molecule has 0 aliphatic heterocycles. The van der Waals surface area contributed by atoms with Crippen molar-refractivity contribution >= 4 is 17.9 Å². The maximum Gasteiger partial charge on any atom is 0.416 e. The third-order valence-electron chi connectivity index (χ3n) is 2.42. The monoisotopic (exact) mass is 300 g/mol. The quantitative estimate of drug-likeness (QED) is 0.749. The van der Waals surface area contributed by atoms with E-state index >= 15 is 0 Å². The molecule has 0 saturated carbocycles. The molecule has 0 fully saturated rings. The molecule has 104 valence electrons. The molecule has 0 amide bonds. The maximum atomic E-state index is 12.7. The second-order valence-electron chi connectivity index (χ2n) is 3.97. The van der Waals surface area contributed by atoms with Gasteiger partial charge < -0.3 is 4.74 Å². The minimum atomic E-state index is -4.55. The standard InChI is InChI=1S/C14H8ClF3O2/c15-11-2-1-3-12(7-11)20-13-5-9(8-19)4-10(6-13)14(16,17)18/h1-8H. The lowest BCUT2D eigenvalue weighted by Crippen LogP contribution is -2.06. The molecule has 2 nitrogen and oxygen atoms in total. The van der Waals surface area contributed by atoms with Crippen molar-refractivity contribution in [2.75, 3.05) is 0 Å². The first kappa shape index (κ1) is 14.4. The highest BCUT2D eigenvalue weighted by molar-refractivity contribution is 6.30. The van der Waals surface area contributed by atoms with Gasteiger partial charge in [-0.1, -0.05) is 17.7 Å². The summed E-state index contributed by atoms with van der Waals surface area (Å²) >= 11 is 5.76. The highest BCUT2D eigenvalue weighted by Gasteiger charge is 2.31. The minimum Gasteiger partial charge on any atom is -0.457 e. The molecule has 6 heteroatoms. The summed E-state index contributed by atoms with van der Waals surface area (Å²) in [5.41, 5.74) is -1.06. The third-order valence-corrected chi connectivity index (χ3v) is 2.66. The molecule has 2 aromatic rings. The summed E-state index contributed by atoms with van der Waals surface area (Å²) < 4.78 is 43.4. The predicted molar refractivity (Wildman–Crippen MR) is 68.4 cm³/mol. The van der Waals surface area contributed by atoms with E-state index < -0.39 is 11.7 Å². The lowest BCUT2D eigenvalue weighted by Gasteiger charge is -2.11. The molecule has 2 aromatic carbocycles. The van der Waals surface area contributed by atoms with Gasteiger partial charge in [-0.15, -0.1) is 0 Å². The molecule has 0 saturated heterocycles. The van der Waals surface area contributed by atoms with E-state index in [4.69, 9.17) is 16.3 Å². The van der Waals surface area contributed by atoms with Crippen LogP contribution in [0.15, 0.2) is 42.5 Å². The smallest absolute Gasteiger partial charge is 0.416 e. The molecule has 0 heterocycles. The van der Waals surface area contributed by atoms with Crippen molar-refractivity contribution in [1.82, 2.24) is 0 Å². The molecule has 0 aromatic heterocycles. The number of alkyl halides is 3. The van der Waals surface area contributed by atoms with Crippen LogP contribution >= 0.6 is 11.6 Å². The Bertz CT molecular complexity index is 639. The third kappa shape index (κ3) is 3.51. The normalized spacial score (nSPS) is 11.2. The Balaban J connectivity index is 2.38. The Morgan fingerprint density at radius 3 is 2.40 bits per heavy atom. The number of rotatable bonds is 3.